The first-order valence-corrected chi connectivity index (χ1v) is 13.4. The summed E-state index contributed by atoms with van der Waals surface area (Å²) in [6, 6.07) is 10.0. The molecule has 0 saturated carbocycles. The van der Waals surface area contributed by atoms with Crippen LogP contribution < -0.4 is 15.2 Å². The van der Waals surface area contributed by atoms with Gasteiger partial charge in [-0.25, -0.2) is 18.4 Å². The van der Waals surface area contributed by atoms with Crippen LogP contribution in [-0.2, 0) is 14.8 Å². The van der Waals surface area contributed by atoms with Crippen molar-refractivity contribution in [2.45, 2.75) is 24.8 Å². The van der Waals surface area contributed by atoms with Gasteiger partial charge in [0, 0.05) is 45.2 Å². The van der Waals surface area contributed by atoms with Gasteiger partial charge < -0.3 is 14.4 Å². The van der Waals surface area contributed by atoms with Crippen LogP contribution in [0.3, 0.4) is 0 Å². The van der Waals surface area contributed by atoms with Crippen LogP contribution in [-0.4, -0.2) is 78.5 Å². The minimum Gasteiger partial charge on any atom is -0.484 e. The molecule has 0 unspecified atom stereocenters. The summed E-state index contributed by atoms with van der Waals surface area (Å²) in [7, 11) is -3.70. The molecule has 192 valence electrons. The Bertz CT molecular complexity index is 1280. The third-order valence-corrected chi connectivity index (χ3v) is 7.53. The number of hydrogen-bond donors (Lipinski definition) is 0. The number of hydrogen-bond acceptors (Lipinski definition) is 9. The Balaban J connectivity index is 1.53. The van der Waals surface area contributed by atoms with Crippen molar-refractivity contribution in [3.63, 3.8) is 0 Å². The Morgan fingerprint density at radius 2 is 1.69 bits per heavy atom. The van der Waals surface area contributed by atoms with Crippen molar-refractivity contribution < 1.29 is 17.9 Å². The fraction of sp³-hybridized carbons (Fsp3) is 0.417. The molecule has 0 radical (unpaired) electrons. The molecule has 1 fully saturated rings. The SMILES string of the molecule is CCCCOCCOc1c(N2CCN(S(=O)(=O)c3ccccn3)CC2)cnn(-c2ccccn2)c1=O. The van der Waals surface area contributed by atoms with E-state index in [-0.39, 0.29) is 30.5 Å². The summed E-state index contributed by atoms with van der Waals surface area (Å²) in [5.74, 6) is 0.514. The Morgan fingerprint density at radius 3 is 2.36 bits per heavy atom. The number of piperazine rings is 1. The van der Waals surface area contributed by atoms with Crippen molar-refractivity contribution >= 4 is 15.7 Å². The summed E-state index contributed by atoms with van der Waals surface area (Å²) >= 11 is 0. The van der Waals surface area contributed by atoms with E-state index in [0.717, 1.165) is 12.8 Å². The standard InChI is InChI=1S/C24H30N6O5S/c1-2-3-16-34-17-18-35-23-20(19-27-30(24(23)31)21-8-4-6-10-25-21)28-12-14-29(15-13-28)36(32,33)22-9-5-7-11-26-22/h4-11,19H,2-3,12-18H2,1H3. The zero-order valence-electron chi connectivity index (χ0n) is 20.2. The molecule has 0 spiro atoms. The van der Waals surface area contributed by atoms with Gasteiger partial charge in [0.2, 0.25) is 5.75 Å². The summed E-state index contributed by atoms with van der Waals surface area (Å²) in [5.41, 5.74) is 0.0684. The van der Waals surface area contributed by atoms with Crippen LogP contribution in [0.1, 0.15) is 19.8 Å². The molecule has 1 saturated heterocycles. The molecule has 0 aliphatic carbocycles. The highest BCUT2D eigenvalue weighted by Gasteiger charge is 2.31. The summed E-state index contributed by atoms with van der Waals surface area (Å²) < 4.78 is 40.0. The molecule has 11 nitrogen and oxygen atoms in total. The summed E-state index contributed by atoms with van der Waals surface area (Å²) in [6.45, 7) is 4.48. The average molecular weight is 515 g/mol. The Morgan fingerprint density at radius 1 is 0.944 bits per heavy atom. The number of pyridine rings is 2. The van der Waals surface area contributed by atoms with Crippen LogP contribution in [0.25, 0.3) is 5.82 Å². The van der Waals surface area contributed by atoms with Crippen molar-refractivity contribution in [3.8, 4) is 11.6 Å². The van der Waals surface area contributed by atoms with Crippen molar-refractivity contribution in [2.75, 3.05) is 50.9 Å². The van der Waals surface area contributed by atoms with E-state index in [9.17, 15) is 13.2 Å². The fourth-order valence-corrected chi connectivity index (χ4v) is 5.14. The van der Waals surface area contributed by atoms with Gasteiger partial charge in [0.05, 0.1) is 12.8 Å². The lowest BCUT2D eigenvalue weighted by Crippen LogP contribution is -2.49. The number of sulfonamides is 1. The molecule has 0 N–H and O–H groups in total. The van der Waals surface area contributed by atoms with E-state index in [2.05, 4.69) is 22.0 Å². The maximum atomic E-state index is 13.4. The lowest BCUT2D eigenvalue weighted by atomic mass is 10.3. The molecule has 4 rings (SSSR count). The van der Waals surface area contributed by atoms with Crippen LogP contribution in [0.15, 0.2) is 64.8 Å². The largest absolute Gasteiger partial charge is 0.484 e. The maximum Gasteiger partial charge on any atom is 0.317 e. The molecule has 0 atom stereocenters. The predicted octanol–water partition coefficient (Wildman–Crippen LogP) is 1.73. The van der Waals surface area contributed by atoms with E-state index in [4.69, 9.17) is 9.47 Å². The second-order valence-electron chi connectivity index (χ2n) is 8.14. The van der Waals surface area contributed by atoms with Gasteiger partial charge in [0.1, 0.15) is 12.3 Å². The highest BCUT2D eigenvalue weighted by molar-refractivity contribution is 7.89. The van der Waals surface area contributed by atoms with Gasteiger partial charge in [-0.3, -0.25) is 4.79 Å². The molecule has 1 aliphatic rings. The average Bonchev–Trinajstić information content (AvgIpc) is 2.92. The van der Waals surface area contributed by atoms with Crippen LogP contribution in [0.2, 0.25) is 0 Å². The first-order chi connectivity index (χ1) is 17.5. The normalized spacial score (nSPS) is 14.6. The van der Waals surface area contributed by atoms with Crippen LogP contribution >= 0.6 is 0 Å². The molecule has 4 heterocycles. The van der Waals surface area contributed by atoms with Gasteiger partial charge in [-0.2, -0.15) is 14.1 Å². The second kappa shape index (κ2) is 12.1. The Kier molecular flexibility index (Phi) is 8.62. The monoisotopic (exact) mass is 514 g/mol. The first-order valence-electron chi connectivity index (χ1n) is 11.9. The summed E-state index contributed by atoms with van der Waals surface area (Å²) in [5, 5.41) is 4.33. The van der Waals surface area contributed by atoms with E-state index in [1.807, 2.05) is 4.90 Å². The van der Waals surface area contributed by atoms with Crippen LogP contribution in [0.5, 0.6) is 5.75 Å². The summed E-state index contributed by atoms with van der Waals surface area (Å²) in [6.07, 6.45) is 6.60. The zero-order chi connectivity index (χ0) is 25.4. The number of nitrogens with zero attached hydrogens (tertiary/aromatic N) is 6. The summed E-state index contributed by atoms with van der Waals surface area (Å²) in [4.78, 5) is 23.5. The highest BCUT2D eigenvalue weighted by Crippen LogP contribution is 2.26. The molecular weight excluding hydrogens is 484 g/mol. The van der Waals surface area contributed by atoms with E-state index in [0.29, 0.717) is 37.8 Å². The van der Waals surface area contributed by atoms with E-state index in [1.165, 1.54) is 21.3 Å². The Hall–Kier alpha value is -3.35. The smallest absolute Gasteiger partial charge is 0.317 e. The minimum atomic E-state index is -3.70. The van der Waals surface area contributed by atoms with Crippen molar-refractivity contribution in [1.29, 1.82) is 0 Å². The number of ether oxygens (including phenoxy) is 2. The third kappa shape index (κ3) is 5.89. The van der Waals surface area contributed by atoms with Gasteiger partial charge in [0.15, 0.2) is 10.8 Å². The minimum absolute atomic E-state index is 0.0187. The van der Waals surface area contributed by atoms with Gasteiger partial charge in [-0.05, 0) is 30.7 Å². The van der Waals surface area contributed by atoms with Crippen molar-refractivity contribution in [3.05, 3.63) is 65.3 Å². The van der Waals surface area contributed by atoms with Crippen LogP contribution in [0.4, 0.5) is 5.69 Å². The molecule has 0 amide bonds. The van der Waals surface area contributed by atoms with E-state index >= 15 is 0 Å². The predicted molar refractivity (Wildman–Crippen MR) is 134 cm³/mol. The van der Waals surface area contributed by atoms with E-state index < -0.39 is 15.6 Å². The molecule has 36 heavy (non-hydrogen) atoms. The number of anilines is 1. The second-order valence-corrected chi connectivity index (χ2v) is 10.0. The highest BCUT2D eigenvalue weighted by atomic mass is 32.2. The fourth-order valence-electron chi connectivity index (χ4n) is 3.78. The van der Waals surface area contributed by atoms with Crippen LogP contribution in [0, 0.1) is 0 Å². The lowest BCUT2D eigenvalue weighted by Gasteiger charge is -2.35. The van der Waals surface area contributed by atoms with Crippen molar-refractivity contribution in [1.82, 2.24) is 24.1 Å². The maximum absolute atomic E-state index is 13.4. The van der Waals surface area contributed by atoms with Gasteiger partial charge in [-0.15, -0.1) is 0 Å². The third-order valence-electron chi connectivity index (χ3n) is 5.72. The van der Waals surface area contributed by atoms with E-state index in [1.54, 1.807) is 42.7 Å². The number of unbranched alkanes of at least 4 members (excludes halogenated alkanes) is 1. The molecular formula is C24H30N6O5S. The Labute approximate surface area is 210 Å². The van der Waals surface area contributed by atoms with Gasteiger partial charge in [-0.1, -0.05) is 25.5 Å². The van der Waals surface area contributed by atoms with Gasteiger partial charge in [0.25, 0.3) is 10.0 Å². The lowest BCUT2D eigenvalue weighted by molar-refractivity contribution is 0.0974. The molecule has 1 aliphatic heterocycles. The molecule has 3 aromatic heterocycles. The quantitative estimate of drug-likeness (QED) is 0.352. The van der Waals surface area contributed by atoms with Gasteiger partial charge >= 0.3 is 5.56 Å². The first kappa shape index (κ1) is 25.7. The molecule has 3 aromatic rings. The topological polar surface area (TPSA) is 120 Å². The zero-order valence-corrected chi connectivity index (χ0v) is 21.0. The molecule has 12 heteroatoms. The van der Waals surface area contributed by atoms with Crippen molar-refractivity contribution in [2.24, 2.45) is 0 Å². The number of aromatic nitrogens is 4. The number of rotatable bonds is 11. The molecule has 0 bridgehead atoms. The molecule has 0 aromatic carbocycles.